The molecule has 2 aliphatic rings. The molecule has 1 saturated heterocycles. The van der Waals surface area contributed by atoms with Crippen LogP contribution in [0.25, 0.3) is 5.82 Å². The highest BCUT2D eigenvalue weighted by atomic mass is 19.1. The maximum absolute atomic E-state index is 15.4. The van der Waals surface area contributed by atoms with Crippen LogP contribution >= 0.6 is 0 Å². The minimum atomic E-state index is -1.17. The predicted molar refractivity (Wildman–Crippen MR) is 122 cm³/mol. The number of alkyl halides is 1. The van der Waals surface area contributed by atoms with Crippen molar-refractivity contribution in [2.75, 3.05) is 18.0 Å². The molecular weight excluding hydrogens is 421 g/mol. The lowest BCUT2D eigenvalue weighted by Crippen LogP contribution is -2.55. The van der Waals surface area contributed by atoms with Gasteiger partial charge in [0.05, 0.1) is 18.2 Å². The fraction of sp³-hybridized carbons (Fsp3) is 0.458. The topological polar surface area (TPSA) is 80.0 Å². The minimum absolute atomic E-state index is 0.1000. The van der Waals surface area contributed by atoms with E-state index >= 15 is 4.39 Å². The zero-order chi connectivity index (χ0) is 22.9. The quantitative estimate of drug-likeness (QED) is 0.575. The first-order valence-corrected chi connectivity index (χ1v) is 11.5. The molecule has 33 heavy (non-hydrogen) atoms. The van der Waals surface area contributed by atoms with Gasteiger partial charge in [-0.05, 0) is 50.3 Å². The molecular formula is C24H28FN7O. The van der Waals surface area contributed by atoms with E-state index < -0.39 is 12.2 Å². The molecule has 1 aliphatic heterocycles. The number of halogens is 1. The molecule has 0 aromatic carbocycles. The molecule has 0 radical (unpaired) electrons. The van der Waals surface area contributed by atoms with E-state index in [1.165, 1.54) is 0 Å². The van der Waals surface area contributed by atoms with Crippen molar-refractivity contribution in [2.45, 2.75) is 57.8 Å². The third kappa shape index (κ3) is 4.31. The monoisotopic (exact) mass is 449 g/mol. The van der Waals surface area contributed by atoms with E-state index in [4.69, 9.17) is 0 Å². The molecule has 1 aliphatic carbocycles. The first-order chi connectivity index (χ1) is 16.0. The molecule has 2 atom stereocenters. The fourth-order valence-corrected chi connectivity index (χ4v) is 4.45. The van der Waals surface area contributed by atoms with Gasteiger partial charge >= 0.3 is 0 Å². The number of anilines is 1. The van der Waals surface area contributed by atoms with E-state index in [0.29, 0.717) is 30.3 Å². The molecule has 5 rings (SSSR count). The van der Waals surface area contributed by atoms with Crippen molar-refractivity contribution >= 4 is 11.9 Å². The Kier molecular flexibility index (Phi) is 5.78. The molecule has 3 aromatic heterocycles. The Bertz CT molecular complexity index is 1110. The number of carbonyl (C=O) groups is 1. The Hall–Kier alpha value is -3.36. The smallest absolute Gasteiger partial charge is 0.256 e. The molecule has 0 N–H and O–H groups in total. The summed E-state index contributed by atoms with van der Waals surface area (Å²) < 4.78 is 17.3. The van der Waals surface area contributed by atoms with Crippen LogP contribution in [0.5, 0.6) is 0 Å². The van der Waals surface area contributed by atoms with Crippen molar-refractivity contribution in [3.8, 4) is 5.82 Å². The van der Waals surface area contributed by atoms with Crippen LogP contribution in [-0.4, -0.2) is 66.7 Å². The van der Waals surface area contributed by atoms with Gasteiger partial charge in [0.2, 0.25) is 5.95 Å². The first-order valence-electron chi connectivity index (χ1n) is 11.5. The number of hydrogen-bond acceptors (Lipinski definition) is 6. The second-order valence-corrected chi connectivity index (χ2v) is 8.76. The fourth-order valence-electron chi connectivity index (χ4n) is 4.45. The lowest BCUT2D eigenvalue weighted by Gasteiger charge is -2.41. The summed E-state index contributed by atoms with van der Waals surface area (Å²) in [4.78, 5) is 34.5. The van der Waals surface area contributed by atoms with Gasteiger partial charge in [-0.3, -0.25) is 9.36 Å². The van der Waals surface area contributed by atoms with Gasteiger partial charge < -0.3 is 9.80 Å². The van der Waals surface area contributed by atoms with Gasteiger partial charge in [-0.25, -0.2) is 24.3 Å². The third-order valence-corrected chi connectivity index (χ3v) is 6.49. The summed E-state index contributed by atoms with van der Waals surface area (Å²) in [5.41, 5.74) is 1.54. The molecule has 0 bridgehead atoms. The van der Waals surface area contributed by atoms with Crippen molar-refractivity contribution < 1.29 is 9.18 Å². The van der Waals surface area contributed by atoms with Crippen molar-refractivity contribution in [3.05, 3.63) is 60.1 Å². The summed E-state index contributed by atoms with van der Waals surface area (Å²) >= 11 is 0. The summed E-state index contributed by atoms with van der Waals surface area (Å²) in [6, 6.07) is 3.22. The number of aryl methyl sites for hydroxylation is 2. The molecule has 172 valence electrons. The average molecular weight is 450 g/mol. The normalized spacial score (nSPS) is 20.6. The first kappa shape index (κ1) is 21.5. The van der Waals surface area contributed by atoms with Crippen LogP contribution in [0.15, 0.2) is 43.1 Å². The third-order valence-electron chi connectivity index (χ3n) is 6.49. The molecule has 0 spiro atoms. The Morgan fingerprint density at radius 2 is 1.91 bits per heavy atom. The van der Waals surface area contributed by atoms with E-state index in [9.17, 15) is 4.79 Å². The van der Waals surface area contributed by atoms with Crippen molar-refractivity contribution in [3.63, 3.8) is 0 Å². The van der Waals surface area contributed by atoms with Crippen LogP contribution in [-0.2, 0) is 6.42 Å². The van der Waals surface area contributed by atoms with Crippen LogP contribution in [0, 0.1) is 6.92 Å². The van der Waals surface area contributed by atoms with Gasteiger partial charge in [-0.1, -0.05) is 6.92 Å². The standard InChI is InChI=1S/C24H28FN7O/c1-3-17-12-28-24(29-13-17)30-10-8-21(20(25)15-30)32(19-5-6-19)23(33)18-4-7-22(27-14-18)31-11-9-26-16(31)2/h4,7,9,11-14,19-21H,3,5-6,8,10,15H2,1-2H3/t20-,21+/m0/s1. The lowest BCUT2D eigenvalue weighted by atomic mass is 10.00. The van der Waals surface area contributed by atoms with Crippen LogP contribution in [0.4, 0.5) is 10.3 Å². The maximum atomic E-state index is 15.4. The molecule has 2 fully saturated rings. The number of carbonyl (C=O) groups excluding carboxylic acids is 1. The van der Waals surface area contributed by atoms with Crippen LogP contribution in [0.2, 0.25) is 0 Å². The summed E-state index contributed by atoms with van der Waals surface area (Å²) in [6.07, 6.45) is 10.8. The number of pyridine rings is 1. The average Bonchev–Trinajstić information content (AvgIpc) is 3.59. The molecule has 8 nitrogen and oxygen atoms in total. The molecule has 1 amide bonds. The number of aromatic nitrogens is 5. The van der Waals surface area contributed by atoms with Gasteiger partial charge in [-0.2, -0.15) is 0 Å². The number of hydrogen-bond donors (Lipinski definition) is 0. The van der Waals surface area contributed by atoms with Gasteiger partial charge in [0, 0.05) is 43.6 Å². The minimum Gasteiger partial charge on any atom is -0.338 e. The van der Waals surface area contributed by atoms with E-state index in [1.807, 2.05) is 29.5 Å². The van der Waals surface area contributed by atoms with E-state index in [2.05, 4.69) is 19.9 Å². The SMILES string of the molecule is CCc1cnc(N2CC[C@@H](N(C(=O)c3ccc(-n4ccnc4C)nc3)C3CC3)[C@@H](F)C2)nc1. The summed E-state index contributed by atoms with van der Waals surface area (Å²) in [7, 11) is 0. The number of rotatable bonds is 6. The molecule has 3 aromatic rings. The predicted octanol–water partition coefficient (Wildman–Crippen LogP) is 3.15. The number of imidazole rings is 1. The Balaban J connectivity index is 1.30. The van der Waals surface area contributed by atoms with Crippen molar-refractivity contribution in [1.29, 1.82) is 0 Å². The number of amides is 1. The van der Waals surface area contributed by atoms with Gasteiger partial charge in [0.25, 0.3) is 5.91 Å². The van der Waals surface area contributed by atoms with Crippen molar-refractivity contribution in [1.82, 2.24) is 29.4 Å². The lowest BCUT2D eigenvalue weighted by molar-refractivity contribution is 0.0486. The second-order valence-electron chi connectivity index (χ2n) is 8.76. The highest BCUT2D eigenvalue weighted by molar-refractivity contribution is 5.94. The summed E-state index contributed by atoms with van der Waals surface area (Å²) in [5, 5.41) is 0. The van der Waals surface area contributed by atoms with E-state index in [-0.39, 0.29) is 18.5 Å². The maximum Gasteiger partial charge on any atom is 0.256 e. The second kappa shape index (κ2) is 8.88. The zero-order valence-electron chi connectivity index (χ0n) is 18.9. The number of nitrogens with zero attached hydrogens (tertiary/aromatic N) is 7. The van der Waals surface area contributed by atoms with Crippen LogP contribution < -0.4 is 4.90 Å². The molecule has 9 heteroatoms. The Labute approximate surface area is 192 Å². The Morgan fingerprint density at radius 3 is 2.48 bits per heavy atom. The van der Waals surface area contributed by atoms with Crippen LogP contribution in [0.3, 0.4) is 0 Å². The summed E-state index contributed by atoms with van der Waals surface area (Å²) in [6.45, 7) is 4.74. The van der Waals surface area contributed by atoms with Crippen molar-refractivity contribution in [2.24, 2.45) is 0 Å². The highest BCUT2D eigenvalue weighted by Gasteiger charge is 2.43. The van der Waals surface area contributed by atoms with Gasteiger partial charge in [0.15, 0.2) is 0 Å². The zero-order valence-corrected chi connectivity index (χ0v) is 18.9. The van der Waals surface area contributed by atoms with Gasteiger partial charge in [0.1, 0.15) is 17.8 Å². The summed E-state index contributed by atoms with van der Waals surface area (Å²) in [5.74, 6) is 1.92. The van der Waals surface area contributed by atoms with Crippen LogP contribution in [0.1, 0.15) is 47.9 Å². The Morgan fingerprint density at radius 1 is 1.12 bits per heavy atom. The number of piperidine rings is 1. The highest BCUT2D eigenvalue weighted by Crippen LogP contribution is 2.34. The molecule has 0 unspecified atom stereocenters. The van der Waals surface area contributed by atoms with Gasteiger partial charge in [-0.15, -0.1) is 0 Å². The molecule has 4 heterocycles. The largest absolute Gasteiger partial charge is 0.338 e. The van der Waals surface area contributed by atoms with E-state index in [1.54, 1.807) is 41.8 Å². The molecule has 1 saturated carbocycles. The van der Waals surface area contributed by atoms with E-state index in [0.717, 1.165) is 30.7 Å².